The van der Waals surface area contributed by atoms with Crippen LogP contribution in [0.15, 0.2) is 60.3 Å². The Labute approximate surface area is 141 Å². The van der Waals surface area contributed by atoms with E-state index in [-0.39, 0.29) is 11.8 Å². The van der Waals surface area contributed by atoms with Gasteiger partial charge < -0.3 is 4.90 Å². The van der Waals surface area contributed by atoms with Crippen molar-refractivity contribution in [3.05, 3.63) is 77.0 Å². The minimum Gasteiger partial charge on any atom is -0.362 e. The molecule has 0 fully saturated rings. The normalized spacial score (nSPS) is 17.5. The molecule has 4 nitrogen and oxygen atoms in total. The van der Waals surface area contributed by atoms with Gasteiger partial charge in [0.15, 0.2) is 0 Å². The van der Waals surface area contributed by atoms with Gasteiger partial charge in [0, 0.05) is 20.1 Å². The van der Waals surface area contributed by atoms with Crippen molar-refractivity contribution in [3.63, 3.8) is 0 Å². The Morgan fingerprint density at radius 1 is 0.833 bits per heavy atom. The third-order valence-electron chi connectivity index (χ3n) is 4.77. The van der Waals surface area contributed by atoms with Crippen molar-refractivity contribution in [2.24, 2.45) is 0 Å². The van der Waals surface area contributed by atoms with E-state index in [1.807, 2.05) is 42.5 Å². The minimum atomic E-state index is -0.222. The van der Waals surface area contributed by atoms with E-state index >= 15 is 0 Å². The number of hydrogen-bond donors (Lipinski definition) is 0. The number of hydrogen-bond acceptors (Lipinski definition) is 3. The molecule has 24 heavy (non-hydrogen) atoms. The number of rotatable bonds is 2. The molecule has 0 N–H and O–H groups in total. The highest BCUT2D eigenvalue weighted by molar-refractivity contribution is 6.35. The molecule has 0 bridgehead atoms. The summed E-state index contributed by atoms with van der Waals surface area (Å²) >= 11 is 0. The Bertz CT molecular complexity index is 855. The molecule has 4 heteroatoms. The molecule has 0 saturated carbocycles. The summed E-state index contributed by atoms with van der Waals surface area (Å²) in [5.41, 5.74) is 4.39. The largest absolute Gasteiger partial charge is 0.362 e. The van der Waals surface area contributed by atoms with Crippen LogP contribution in [-0.4, -0.2) is 35.2 Å². The van der Waals surface area contributed by atoms with E-state index in [0.29, 0.717) is 17.8 Å². The molecule has 0 aliphatic carbocycles. The Balaban J connectivity index is 1.80. The molecule has 2 heterocycles. The summed E-state index contributed by atoms with van der Waals surface area (Å²) < 4.78 is 0. The number of imide groups is 1. The number of fused-ring (bicyclic) bond motifs is 1. The maximum absolute atomic E-state index is 12.7. The van der Waals surface area contributed by atoms with Gasteiger partial charge in [-0.05, 0) is 23.1 Å². The molecule has 2 amide bonds. The average Bonchev–Trinajstić information content (AvgIpc) is 2.86. The highest BCUT2D eigenvalue weighted by Crippen LogP contribution is 2.33. The van der Waals surface area contributed by atoms with Crippen molar-refractivity contribution in [1.82, 2.24) is 9.80 Å². The van der Waals surface area contributed by atoms with Gasteiger partial charge in [-0.15, -0.1) is 0 Å². The summed E-state index contributed by atoms with van der Waals surface area (Å²) in [7, 11) is 1.55. The average molecular weight is 318 g/mol. The van der Waals surface area contributed by atoms with E-state index in [1.165, 1.54) is 16.0 Å². The number of likely N-dealkylation sites (N-methyl/N-ethyl adjacent to an activating group) is 1. The number of nitrogens with zero attached hydrogens (tertiary/aromatic N) is 2. The lowest BCUT2D eigenvalue weighted by molar-refractivity contribution is -0.136. The lowest BCUT2D eigenvalue weighted by atomic mass is 9.98. The lowest BCUT2D eigenvalue weighted by Gasteiger charge is -2.31. The molecule has 120 valence electrons. The van der Waals surface area contributed by atoms with Crippen molar-refractivity contribution >= 4 is 17.4 Å². The fourth-order valence-corrected chi connectivity index (χ4v) is 3.47. The number of carbonyl (C=O) groups excluding carboxylic acids is 2. The first-order valence-corrected chi connectivity index (χ1v) is 8.10. The van der Waals surface area contributed by atoms with E-state index in [4.69, 9.17) is 0 Å². The first-order valence-electron chi connectivity index (χ1n) is 8.10. The first kappa shape index (κ1) is 14.7. The second-order valence-corrected chi connectivity index (χ2v) is 6.20. The number of benzene rings is 2. The lowest BCUT2D eigenvalue weighted by Crippen LogP contribution is -2.35. The van der Waals surface area contributed by atoms with Crippen LogP contribution in [0.1, 0.15) is 16.7 Å². The first-order chi connectivity index (χ1) is 11.7. The molecule has 2 aliphatic rings. The van der Waals surface area contributed by atoms with Gasteiger partial charge in [-0.25, -0.2) is 0 Å². The van der Waals surface area contributed by atoms with Crippen molar-refractivity contribution in [1.29, 1.82) is 0 Å². The van der Waals surface area contributed by atoms with Crippen molar-refractivity contribution < 1.29 is 9.59 Å². The summed E-state index contributed by atoms with van der Waals surface area (Å²) in [6.45, 7) is 1.41. The van der Waals surface area contributed by atoms with Gasteiger partial charge in [-0.3, -0.25) is 14.5 Å². The molecule has 4 rings (SSSR count). The van der Waals surface area contributed by atoms with E-state index < -0.39 is 0 Å². The van der Waals surface area contributed by atoms with Gasteiger partial charge in [-0.1, -0.05) is 54.6 Å². The van der Waals surface area contributed by atoms with Crippen molar-refractivity contribution in [2.45, 2.75) is 13.0 Å². The molecule has 0 saturated heterocycles. The highest BCUT2D eigenvalue weighted by atomic mass is 16.2. The molecular weight excluding hydrogens is 300 g/mol. The van der Waals surface area contributed by atoms with Crippen LogP contribution in [0, 0.1) is 0 Å². The Morgan fingerprint density at radius 2 is 1.50 bits per heavy atom. The van der Waals surface area contributed by atoms with Crippen molar-refractivity contribution in [3.8, 4) is 0 Å². The maximum Gasteiger partial charge on any atom is 0.277 e. The van der Waals surface area contributed by atoms with Gasteiger partial charge in [0.25, 0.3) is 11.8 Å². The Hall–Kier alpha value is -2.88. The summed E-state index contributed by atoms with van der Waals surface area (Å²) in [6.07, 6.45) is 0.882. The molecule has 2 aliphatic heterocycles. The minimum absolute atomic E-state index is 0.210. The highest BCUT2D eigenvalue weighted by Gasteiger charge is 2.40. The van der Waals surface area contributed by atoms with Crippen LogP contribution >= 0.6 is 0 Å². The van der Waals surface area contributed by atoms with Crippen LogP contribution in [0.4, 0.5) is 0 Å². The monoisotopic (exact) mass is 318 g/mol. The molecule has 0 aromatic heterocycles. The fourth-order valence-electron chi connectivity index (χ4n) is 3.47. The van der Waals surface area contributed by atoms with Gasteiger partial charge >= 0.3 is 0 Å². The van der Waals surface area contributed by atoms with Crippen LogP contribution in [0.3, 0.4) is 0 Å². The topological polar surface area (TPSA) is 40.6 Å². The number of carbonyl (C=O) groups is 2. The molecule has 2 aromatic rings. The zero-order chi connectivity index (χ0) is 16.7. The zero-order valence-electron chi connectivity index (χ0n) is 13.5. The smallest absolute Gasteiger partial charge is 0.277 e. The van der Waals surface area contributed by atoms with Gasteiger partial charge in [0.05, 0.1) is 5.57 Å². The molecule has 0 atom stereocenters. The summed E-state index contributed by atoms with van der Waals surface area (Å²) in [5, 5.41) is 0. The van der Waals surface area contributed by atoms with Gasteiger partial charge in [0.2, 0.25) is 0 Å². The predicted molar refractivity (Wildman–Crippen MR) is 91.7 cm³/mol. The standard InChI is InChI=1S/C20H18N2O2/c1-21-19(23)17(15-8-3-2-4-9-15)18(20(21)24)22-12-11-14-7-5-6-10-16(14)13-22/h2-10H,11-13H2,1H3. The van der Waals surface area contributed by atoms with E-state index in [1.54, 1.807) is 7.05 Å². The molecular formula is C20H18N2O2. The second kappa shape index (κ2) is 5.64. The summed E-state index contributed by atoms with van der Waals surface area (Å²) in [6, 6.07) is 17.7. The van der Waals surface area contributed by atoms with E-state index in [0.717, 1.165) is 18.5 Å². The summed E-state index contributed by atoms with van der Waals surface area (Å²) in [4.78, 5) is 28.6. The predicted octanol–water partition coefficient (Wildman–Crippen LogP) is 2.45. The zero-order valence-corrected chi connectivity index (χ0v) is 13.5. The molecule has 2 aromatic carbocycles. The second-order valence-electron chi connectivity index (χ2n) is 6.20. The quantitative estimate of drug-likeness (QED) is 0.799. The third kappa shape index (κ3) is 2.22. The molecule has 0 unspecified atom stereocenters. The molecule has 0 radical (unpaired) electrons. The third-order valence-corrected chi connectivity index (χ3v) is 4.77. The number of amides is 2. The van der Waals surface area contributed by atoms with Crippen LogP contribution in [0.5, 0.6) is 0 Å². The Morgan fingerprint density at radius 3 is 2.25 bits per heavy atom. The van der Waals surface area contributed by atoms with Crippen LogP contribution in [-0.2, 0) is 22.6 Å². The maximum atomic E-state index is 12.7. The van der Waals surface area contributed by atoms with Gasteiger partial charge in [0.1, 0.15) is 5.70 Å². The molecule has 0 spiro atoms. The Kier molecular flexibility index (Phi) is 3.45. The van der Waals surface area contributed by atoms with Gasteiger partial charge in [-0.2, -0.15) is 0 Å². The van der Waals surface area contributed by atoms with Crippen LogP contribution in [0.2, 0.25) is 0 Å². The van der Waals surface area contributed by atoms with Crippen LogP contribution < -0.4 is 0 Å². The summed E-state index contributed by atoms with van der Waals surface area (Å²) in [5.74, 6) is -0.432. The SMILES string of the molecule is CN1C(=O)C(c2ccccc2)=C(N2CCc3ccccc3C2)C1=O. The van der Waals surface area contributed by atoms with E-state index in [9.17, 15) is 9.59 Å². The van der Waals surface area contributed by atoms with Crippen molar-refractivity contribution in [2.75, 3.05) is 13.6 Å². The van der Waals surface area contributed by atoms with Crippen LogP contribution in [0.25, 0.3) is 5.57 Å². The van der Waals surface area contributed by atoms with E-state index in [2.05, 4.69) is 17.0 Å². The fraction of sp³-hybridized carbons (Fsp3) is 0.200.